The Kier molecular flexibility index (Phi) is 3.39. The maximum Gasteiger partial charge on any atom is 0.351 e. The number of rotatable bonds is 2. The van der Waals surface area contributed by atoms with E-state index in [1.54, 1.807) is 6.08 Å². The molecule has 4 heteroatoms. The van der Waals surface area contributed by atoms with Crippen LogP contribution in [-0.4, -0.2) is 16.9 Å². The molecule has 2 N–H and O–H groups in total. The molecule has 3 rings (SSSR count). The number of nitrogens with one attached hydrogen (secondary N) is 1. The minimum atomic E-state index is -0.997. The number of ketones is 1. The van der Waals surface area contributed by atoms with Gasteiger partial charge in [-0.25, -0.2) is 4.79 Å². The molecule has 1 atom stereocenters. The van der Waals surface area contributed by atoms with Crippen LogP contribution in [0.1, 0.15) is 38.2 Å². The first-order valence-electron chi connectivity index (χ1n) is 7.41. The number of hydrogen-bond acceptors (Lipinski definition) is 3. The standard InChI is InChI=1S/C18H19NO3/c1-18(2)9-14-16(15(20)10-18)12(8-13(19-14)17(21)22)11-6-4-3-5-7-11/h3-8,12,19H,9-10H2,1-2H3,(H,21,22)/t12-/m0/s1. The lowest BCUT2D eigenvalue weighted by molar-refractivity contribution is -0.133. The van der Waals surface area contributed by atoms with Crippen LogP contribution in [0.5, 0.6) is 0 Å². The van der Waals surface area contributed by atoms with Crippen LogP contribution < -0.4 is 5.32 Å². The number of aliphatic carboxylic acids is 1. The van der Waals surface area contributed by atoms with Crippen LogP contribution in [-0.2, 0) is 9.59 Å². The number of allylic oxidation sites excluding steroid dienone is 3. The second-order valence-electron chi connectivity index (χ2n) is 6.73. The van der Waals surface area contributed by atoms with Crippen molar-refractivity contribution in [2.45, 2.75) is 32.6 Å². The van der Waals surface area contributed by atoms with Crippen LogP contribution in [0, 0.1) is 5.41 Å². The lowest BCUT2D eigenvalue weighted by Crippen LogP contribution is -2.37. The SMILES string of the molecule is CC1(C)CC(=O)C2=C(C1)NC(C(=O)O)=C[C@H]2c1ccccc1. The Balaban J connectivity index is 2.11. The molecular weight excluding hydrogens is 278 g/mol. The largest absolute Gasteiger partial charge is 0.477 e. The van der Waals surface area contributed by atoms with Crippen LogP contribution in [0.2, 0.25) is 0 Å². The van der Waals surface area contributed by atoms with Gasteiger partial charge in [0.25, 0.3) is 0 Å². The lowest BCUT2D eigenvalue weighted by atomic mass is 9.70. The molecule has 0 unspecified atom stereocenters. The minimum absolute atomic E-state index is 0.105. The van der Waals surface area contributed by atoms with E-state index in [2.05, 4.69) is 5.32 Å². The second-order valence-corrected chi connectivity index (χ2v) is 6.73. The third-order valence-electron chi connectivity index (χ3n) is 4.24. The molecule has 0 saturated heterocycles. The Morgan fingerprint density at radius 2 is 1.91 bits per heavy atom. The van der Waals surface area contributed by atoms with Crippen molar-refractivity contribution in [1.29, 1.82) is 0 Å². The van der Waals surface area contributed by atoms with Crippen molar-refractivity contribution in [2.75, 3.05) is 0 Å². The van der Waals surface area contributed by atoms with E-state index in [-0.39, 0.29) is 22.8 Å². The van der Waals surface area contributed by atoms with Gasteiger partial charge in [-0.05, 0) is 23.5 Å². The molecule has 0 radical (unpaired) electrons. The van der Waals surface area contributed by atoms with Crippen molar-refractivity contribution in [3.05, 3.63) is 58.9 Å². The van der Waals surface area contributed by atoms with Gasteiger partial charge < -0.3 is 10.4 Å². The number of carbonyl (C=O) groups is 2. The first-order chi connectivity index (χ1) is 10.4. The number of Topliss-reactive ketones (excluding diaryl/α,β-unsaturated/α-hetero) is 1. The van der Waals surface area contributed by atoms with Crippen molar-refractivity contribution in [3.63, 3.8) is 0 Å². The Morgan fingerprint density at radius 1 is 1.23 bits per heavy atom. The first-order valence-corrected chi connectivity index (χ1v) is 7.41. The Bertz CT molecular complexity index is 698. The Labute approximate surface area is 129 Å². The number of benzene rings is 1. The summed E-state index contributed by atoms with van der Waals surface area (Å²) >= 11 is 0. The molecule has 0 spiro atoms. The maximum atomic E-state index is 12.6. The van der Waals surface area contributed by atoms with E-state index in [0.29, 0.717) is 12.8 Å². The smallest absolute Gasteiger partial charge is 0.351 e. The van der Waals surface area contributed by atoms with Crippen molar-refractivity contribution in [2.24, 2.45) is 5.41 Å². The molecule has 1 aliphatic carbocycles. The summed E-state index contributed by atoms with van der Waals surface area (Å²) < 4.78 is 0. The fourth-order valence-corrected chi connectivity index (χ4v) is 3.31. The van der Waals surface area contributed by atoms with E-state index in [4.69, 9.17) is 0 Å². The highest BCUT2D eigenvalue weighted by Crippen LogP contribution is 2.43. The fraction of sp³-hybridized carbons (Fsp3) is 0.333. The van der Waals surface area contributed by atoms with Crippen molar-refractivity contribution >= 4 is 11.8 Å². The topological polar surface area (TPSA) is 66.4 Å². The van der Waals surface area contributed by atoms with Crippen LogP contribution in [0.15, 0.2) is 53.4 Å². The zero-order valence-corrected chi connectivity index (χ0v) is 12.7. The van der Waals surface area contributed by atoms with Gasteiger partial charge in [-0.3, -0.25) is 4.79 Å². The van der Waals surface area contributed by atoms with Gasteiger partial charge in [0.1, 0.15) is 5.70 Å². The van der Waals surface area contributed by atoms with E-state index in [1.807, 2.05) is 44.2 Å². The zero-order valence-electron chi connectivity index (χ0n) is 12.7. The molecule has 114 valence electrons. The van der Waals surface area contributed by atoms with E-state index in [9.17, 15) is 14.7 Å². The molecule has 0 fully saturated rings. The molecule has 0 aromatic heterocycles. The number of carboxylic acids is 1. The quantitative estimate of drug-likeness (QED) is 0.880. The average Bonchev–Trinajstić information content (AvgIpc) is 2.45. The van der Waals surface area contributed by atoms with Gasteiger partial charge in [-0.1, -0.05) is 44.2 Å². The summed E-state index contributed by atoms with van der Waals surface area (Å²) in [7, 11) is 0. The van der Waals surface area contributed by atoms with Gasteiger partial charge in [0, 0.05) is 23.6 Å². The highest BCUT2D eigenvalue weighted by Gasteiger charge is 2.39. The van der Waals surface area contributed by atoms with Crippen LogP contribution in [0.3, 0.4) is 0 Å². The highest BCUT2D eigenvalue weighted by atomic mass is 16.4. The number of carboxylic acid groups (broad SMARTS) is 1. The van der Waals surface area contributed by atoms with E-state index in [1.165, 1.54) is 0 Å². The maximum absolute atomic E-state index is 12.6. The van der Waals surface area contributed by atoms with Gasteiger partial charge in [0.05, 0.1) is 0 Å². The molecule has 4 nitrogen and oxygen atoms in total. The predicted octanol–water partition coefficient (Wildman–Crippen LogP) is 2.99. The third kappa shape index (κ3) is 2.56. The third-order valence-corrected chi connectivity index (χ3v) is 4.24. The fourth-order valence-electron chi connectivity index (χ4n) is 3.31. The second kappa shape index (κ2) is 5.13. The summed E-state index contributed by atoms with van der Waals surface area (Å²) in [5, 5.41) is 12.3. The zero-order chi connectivity index (χ0) is 15.9. The monoisotopic (exact) mass is 297 g/mol. The highest BCUT2D eigenvalue weighted by molar-refractivity contribution is 6.01. The van der Waals surface area contributed by atoms with Crippen molar-refractivity contribution < 1.29 is 14.7 Å². The normalized spacial score (nSPS) is 23.5. The molecule has 0 saturated carbocycles. The summed E-state index contributed by atoms with van der Waals surface area (Å²) in [6.07, 6.45) is 2.82. The summed E-state index contributed by atoms with van der Waals surface area (Å²) in [4.78, 5) is 24.0. The Morgan fingerprint density at radius 3 is 2.55 bits per heavy atom. The van der Waals surface area contributed by atoms with Crippen LogP contribution in [0.25, 0.3) is 0 Å². The predicted molar refractivity (Wildman–Crippen MR) is 83.1 cm³/mol. The molecule has 1 heterocycles. The molecule has 1 aliphatic heterocycles. The van der Waals surface area contributed by atoms with Crippen LogP contribution >= 0.6 is 0 Å². The minimum Gasteiger partial charge on any atom is -0.477 e. The molecular formula is C18H19NO3. The summed E-state index contributed by atoms with van der Waals surface area (Å²) in [6.45, 7) is 4.07. The summed E-state index contributed by atoms with van der Waals surface area (Å²) in [5.41, 5.74) is 2.43. The van der Waals surface area contributed by atoms with Crippen molar-refractivity contribution in [3.8, 4) is 0 Å². The van der Waals surface area contributed by atoms with Gasteiger partial charge >= 0.3 is 5.97 Å². The molecule has 0 bridgehead atoms. The van der Waals surface area contributed by atoms with Crippen LogP contribution in [0.4, 0.5) is 0 Å². The number of carbonyl (C=O) groups excluding carboxylic acids is 1. The number of hydrogen-bond donors (Lipinski definition) is 2. The molecule has 2 aliphatic rings. The molecule has 22 heavy (non-hydrogen) atoms. The molecule has 1 aromatic carbocycles. The van der Waals surface area contributed by atoms with E-state index >= 15 is 0 Å². The average molecular weight is 297 g/mol. The molecule has 0 amide bonds. The van der Waals surface area contributed by atoms with Gasteiger partial charge in [-0.2, -0.15) is 0 Å². The first kappa shape index (κ1) is 14.6. The van der Waals surface area contributed by atoms with Gasteiger partial charge in [-0.15, -0.1) is 0 Å². The molecule has 1 aromatic rings. The lowest BCUT2D eigenvalue weighted by Gasteiger charge is -2.37. The van der Waals surface area contributed by atoms with Gasteiger partial charge in [0.2, 0.25) is 0 Å². The summed E-state index contributed by atoms with van der Waals surface area (Å²) in [6, 6.07) is 9.59. The van der Waals surface area contributed by atoms with Crippen molar-refractivity contribution in [1.82, 2.24) is 5.32 Å². The van der Waals surface area contributed by atoms with E-state index in [0.717, 1.165) is 16.8 Å². The van der Waals surface area contributed by atoms with E-state index < -0.39 is 5.97 Å². The Hall–Kier alpha value is -2.36. The summed E-state index contributed by atoms with van der Waals surface area (Å²) in [5.74, 6) is -1.18. The van der Waals surface area contributed by atoms with Gasteiger partial charge in [0.15, 0.2) is 5.78 Å². The number of dihydropyridines is 1.